The lowest BCUT2D eigenvalue weighted by atomic mass is 9.88. The number of aliphatic hydroxyl groups excluding tert-OH is 1. The molecule has 8 heteroatoms. The second-order valence-electron chi connectivity index (χ2n) is 8.14. The molecule has 0 atom stereocenters. The summed E-state index contributed by atoms with van der Waals surface area (Å²) in [6, 6.07) is 5.99. The lowest BCUT2D eigenvalue weighted by Gasteiger charge is -2.19. The van der Waals surface area contributed by atoms with Crippen molar-refractivity contribution in [1.29, 1.82) is 0 Å². The van der Waals surface area contributed by atoms with Gasteiger partial charge in [0.1, 0.15) is 10.6 Å². The number of anilines is 1. The smallest absolute Gasteiger partial charge is 0.263 e. The van der Waals surface area contributed by atoms with Gasteiger partial charge in [0.05, 0.1) is 12.8 Å². The monoisotopic (exact) mass is 448 g/mol. The molecule has 1 aliphatic carbocycles. The van der Waals surface area contributed by atoms with Gasteiger partial charge in [0.15, 0.2) is 6.29 Å². The quantitative estimate of drug-likeness (QED) is 0.562. The second kappa shape index (κ2) is 10.9. The van der Waals surface area contributed by atoms with Crippen molar-refractivity contribution in [3.63, 3.8) is 0 Å². The fourth-order valence-electron chi connectivity index (χ4n) is 4.11. The fraction of sp³-hybridized carbons (Fsp3) is 0.522. The van der Waals surface area contributed by atoms with E-state index in [0.717, 1.165) is 31.2 Å². The Morgan fingerprint density at radius 3 is 2.26 bits per heavy atom. The van der Waals surface area contributed by atoms with Gasteiger partial charge in [0.2, 0.25) is 0 Å². The molecule has 1 aromatic heterocycles. The van der Waals surface area contributed by atoms with Crippen molar-refractivity contribution in [2.45, 2.75) is 74.9 Å². The number of benzene rings is 1. The first-order chi connectivity index (χ1) is 14.9. The standard InChI is InChI=1S/C23H32N2O5S/c1-30-22-14-18(23(26)27)11-12-21(22)25-31(28,29)20-13-19(15-24-16-20)17-9-7-5-3-2-4-6-8-10-17/h11-17,23,25-27H,2-10H2,1H3. The van der Waals surface area contributed by atoms with Gasteiger partial charge in [-0.3, -0.25) is 9.71 Å². The van der Waals surface area contributed by atoms with Crippen LogP contribution in [-0.2, 0) is 10.0 Å². The molecule has 0 unspecified atom stereocenters. The predicted molar refractivity (Wildman–Crippen MR) is 120 cm³/mol. The summed E-state index contributed by atoms with van der Waals surface area (Å²) in [6.07, 6.45) is 12.2. The first kappa shape index (κ1) is 23.5. The van der Waals surface area contributed by atoms with Gasteiger partial charge in [-0.25, -0.2) is 8.42 Å². The summed E-state index contributed by atoms with van der Waals surface area (Å²) >= 11 is 0. The summed E-state index contributed by atoms with van der Waals surface area (Å²) in [4.78, 5) is 4.33. The maximum Gasteiger partial charge on any atom is 0.263 e. The maximum atomic E-state index is 13.0. The zero-order valence-electron chi connectivity index (χ0n) is 18.0. The van der Waals surface area contributed by atoms with Crippen LogP contribution in [0.4, 0.5) is 5.69 Å². The average molecular weight is 449 g/mol. The van der Waals surface area contributed by atoms with Crippen molar-refractivity contribution < 1.29 is 23.4 Å². The van der Waals surface area contributed by atoms with Crippen LogP contribution in [0.2, 0.25) is 0 Å². The summed E-state index contributed by atoms with van der Waals surface area (Å²) in [5.74, 6) is 0.520. The predicted octanol–water partition coefficient (Wildman–Crippen LogP) is 4.48. The highest BCUT2D eigenvalue weighted by Gasteiger charge is 2.21. The third-order valence-electron chi connectivity index (χ3n) is 5.89. The highest BCUT2D eigenvalue weighted by molar-refractivity contribution is 7.92. The normalized spacial score (nSPS) is 16.8. The van der Waals surface area contributed by atoms with Crippen LogP contribution in [0, 0.1) is 0 Å². The minimum absolute atomic E-state index is 0.107. The van der Waals surface area contributed by atoms with Crippen LogP contribution in [0.25, 0.3) is 0 Å². The van der Waals surface area contributed by atoms with Crippen molar-refractivity contribution in [2.75, 3.05) is 11.8 Å². The first-order valence-electron chi connectivity index (χ1n) is 10.9. The van der Waals surface area contributed by atoms with E-state index < -0.39 is 16.3 Å². The van der Waals surface area contributed by atoms with Crippen molar-refractivity contribution in [3.05, 3.63) is 47.8 Å². The van der Waals surface area contributed by atoms with Crippen LogP contribution < -0.4 is 9.46 Å². The van der Waals surface area contributed by atoms with Crippen molar-refractivity contribution in [2.24, 2.45) is 0 Å². The van der Waals surface area contributed by atoms with E-state index in [1.54, 1.807) is 12.3 Å². The highest BCUT2D eigenvalue weighted by Crippen LogP contribution is 2.32. The van der Waals surface area contributed by atoms with E-state index in [2.05, 4.69) is 9.71 Å². The molecule has 1 fully saturated rings. The van der Waals surface area contributed by atoms with Crippen LogP contribution >= 0.6 is 0 Å². The number of aliphatic hydroxyl groups is 2. The Hall–Kier alpha value is -2.16. The van der Waals surface area contributed by atoms with Crippen LogP contribution in [0.3, 0.4) is 0 Å². The second-order valence-corrected chi connectivity index (χ2v) is 9.82. The highest BCUT2D eigenvalue weighted by atomic mass is 32.2. The van der Waals surface area contributed by atoms with E-state index in [9.17, 15) is 18.6 Å². The fourth-order valence-corrected chi connectivity index (χ4v) is 5.17. The number of nitrogens with one attached hydrogen (secondary N) is 1. The molecule has 31 heavy (non-hydrogen) atoms. The molecule has 1 aromatic carbocycles. The summed E-state index contributed by atoms with van der Waals surface area (Å²) < 4.78 is 33.8. The molecule has 2 aromatic rings. The molecule has 170 valence electrons. The molecule has 0 bridgehead atoms. The first-order valence-corrected chi connectivity index (χ1v) is 12.4. The van der Waals surface area contributed by atoms with E-state index in [1.807, 2.05) is 0 Å². The van der Waals surface area contributed by atoms with Gasteiger partial charge in [-0.2, -0.15) is 0 Å². The van der Waals surface area contributed by atoms with E-state index in [4.69, 9.17) is 4.74 Å². The third-order valence-corrected chi connectivity index (χ3v) is 7.22. The van der Waals surface area contributed by atoms with Crippen molar-refractivity contribution in [3.8, 4) is 5.75 Å². The molecule has 1 heterocycles. The Kier molecular flexibility index (Phi) is 8.28. The van der Waals surface area contributed by atoms with Crippen molar-refractivity contribution >= 4 is 15.7 Å². The Balaban J connectivity index is 1.82. The molecule has 1 aliphatic rings. The molecule has 0 aliphatic heterocycles. The molecule has 0 radical (unpaired) electrons. The summed E-state index contributed by atoms with van der Waals surface area (Å²) in [5.41, 5.74) is 1.39. The number of hydrogen-bond acceptors (Lipinski definition) is 6. The largest absolute Gasteiger partial charge is 0.495 e. The van der Waals surface area contributed by atoms with E-state index in [-0.39, 0.29) is 21.9 Å². The topological polar surface area (TPSA) is 109 Å². The number of sulfonamides is 1. The number of methoxy groups -OCH3 is 1. The van der Waals surface area contributed by atoms with Gasteiger partial charge in [0, 0.05) is 18.0 Å². The number of aromatic nitrogens is 1. The third kappa shape index (κ3) is 6.41. The molecule has 1 saturated carbocycles. The number of ether oxygens (including phenoxy) is 1. The Bertz CT molecular complexity index is 952. The zero-order valence-corrected chi connectivity index (χ0v) is 18.8. The molecule has 3 rings (SSSR count). The number of hydrogen-bond donors (Lipinski definition) is 3. The van der Waals surface area contributed by atoms with Gasteiger partial charge in [-0.15, -0.1) is 0 Å². The van der Waals surface area contributed by atoms with Gasteiger partial charge < -0.3 is 14.9 Å². The molecule has 3 N–H and O–H groups in total. The molecule has 0 spiro atoms. The summed E-state index contributed by atoms with van der Waals surface area (Å²) in [6.45, 7) is 0. The lowest BCUT2D eigenvalue weighted by molar-refractivity contribution is -0.0425. The Morgan fingerprint density at radius 2 is 1.65 bits per heavy atom. The van der Waals surface area contributed by atoms with Crippen LogP contribution in [0.5, 0.6) is 5.75 Å². The van der Waals surface area contributed by atoms with Crippen molar-refractivity contribution in [1.82, 2.24) is 4.98 Å². The summed E-state index contributed by atoms with van der Waals surface area (Å²) in [5, 5.41) is 18.6. The average Bonchev–Trinajstić information content (AvgIpc) is 2.77. The zero-order chi connectivity index (χ0) is 22.3. The molecule has 0 amide bonds. The van der Waals surface area contributed by atoms with Crippen LogP contribution in [0.1, 0.15) is 81.1 Å². The molecule has 0 saturated heterocycles. The number of pyridine rings is 1. The van der Waals surface area contributed by atoms with E-state index in [0.29, 0.717) is 5.92 Å². The minimum atomic E-state index is -3.89. The van der Waals surface area contributed by atoms with Gasteiger partial charge in [0.25, 0.3) is 10.0 Å². The van der Waals surface area contributed by atoms with E-state index >= 15 is 0 Å². The number of nitrogens with zero attached hydrogens (tertiary/aromatic N) is 1. The van der Waals surface area contributed by atoms with E-state index in [1.165, 1.54) is 63.6 Å². The van der Waals surface area contributed by atoms with Gasteiger partial charge in [-0.05, 0) is 42.5 Å². The molecular formula is C23H32N2O5S. The van der Waals surface area contributed by atoms with Crippen LogP contribution in [0.15, 0.2) is 41.6 Å². The number of rotatable bonds is 6. The molecule has 7 nitrogen and oxygen atoms in total. The minimum Gasteiger partial charge on any atom is -0.495 e. The van der Waals surface area contributed by atoms with Gasteiger partial charge >= 0.3 is 0 Å². The molecular weight excluding hydrogens is 416 g/mol. The SMILES string of the molecule is COc1cc(C(O)O)ccc1NS(=O)(=O)c1cncc(C2CCCCCCCCC2)c1. The Labute approximate surface area is 184 Å². The Morgan fingerprint density at radius 1 is 1.00 bits per heavy atom. The van der Waals surface area contributed by atoms with Crippen LogP contribution in [-0.4, -0.2) is 30.7 Å². The summed E-state index contributed by atoms with van der Waals surface area (Å²) in [7, 11) is -2.50. The van der Waals surface area contributed by atoms with Gasteiger partial charge in [-0.1, -0.05) is 51.0 Å². The lowest BCUT2D eigenvalue weighted by Crippen LogP contribution is -2.15. The maximum absolute atomic E-state index is 13.0.